The number of rotatable bonds is 6. The average molecular weight is 274 g/mol. The van der Waals surface area contributed by atoms with Crippen molar-refractivity contribution in [2.24, 2.45) is 5.41 Å². The van der Waals surface area contributed by atoms with Crippen LogP contribution in [0.3, 0.4) is 0 Å². The lowest BCUT2D eigenvalue weighted by Gasteiger charge is -2.41. The summed E-state index contributed by atoms with van der Waals surface area (Å²) in [6.07, 6.45) is 3.07. The zero-order chi connectivity index (χ0) is 14.6. The van der Waals surface area contributed by atoms with Crippen LogP contribution in [0.4, 0.5) is 5.69 Å². The minimum Gasteiger partial charge on any atom is -0.497 e. The molecule has 0 aromatic heterocycles. The number of carboxylic acid groups (broad SMARTS) is 1. The first-order chi connectivity index (χ1) is 9.58. The minimum absolute atomic E-state index is 0.172. The first kappa shape index (κ1) is 14.2. The fourth-order valence-corrected chi connectivity index (χ4v) is 2.59. The van der Waals surface area contributed by atoms with Gasteiger partial charge in [0.05, 0.1) is 24.8 Å². The number of nitriles is 1. The molecular weight excluding hydrogens is 256 g/mol. The molecule has 0 spiro atoms. The van der Waals surface area contributed by atoms with Gasteiger partial charge >= 0.3 is 5.97 Å². The van der Waals surface area contributed by atoms with Crippen molar-refractivity contribution in [3.05, 3.63) is 23.8 Å². The van der Waals surface area contributed by atoms with Crippen LogP contribution in [-0.4, -0.2) is 24.7 Å². The number of methoxy groups -OCH3 is 1. The SMILES string of the molecule is COc1ccc(C#N)c(NCC2(CC(=O)O)CCC2)c1. The van der Waals surface area contributed by atoms with Gasteiger partial charge in [-0.15, -0.1) is 0 Å². The van der Waals surface area contributed by atoms with E-state index < -0.39 is 5.97 Å². The fourth-order valence-electron chi connectivity index (χ4n) is 2.59. The van der Waals surface area contributed by atoms with Crippen molar-refractivity contribution < 1.29 is 14.6 Å². The molecule has 1 saturated carbocycles. The Morgan fingerprint density at radius 3 is 2.80 bits per heavy atom. The highest BCUT2D eigenvalue weighted by Gasteiger charge is 2.38. The third kappa shape index (κ3) is 3.02. The first-order valence-corrected chi connectivity index (χ1v) is 6.62. The molecule has 2 rings (SSSR count). The summed E-state index contributed by atoms with van der Waals surface area (Å²) < 4.78 is 5.15. The zero-order valence-corrected chi connectivity index (χ0v) is 11.5. The second kappa shape index (κ2) is 5.83. The van der Waals surface area contributed by atoms with Crippen molar-refractivity contribution in [3.63, 3.8) is 0 Å². The first-order valence-electron chi connectivity index (χ1n) is 6.62. The molecule has 1 aliphatic carbocycles. The van der Waals surface area contributed by atoms with Gasteiger partial charge in [-0.05, 0) is 30.4 Å². The molecule has 0 saturated heterocycles. The van der Waals surface area contributed by atoms with E-state index in [1.165, 1.54) is 0 Å². The third-order valence-electron chi connectivity index (χ3n) is 3.94. The number of aliphatic carboxylic acids is 1. The Bertz CT molecular complexity index is 545. The average Bonchev–Trinajstić information content (AvgIpc) is 2.40. The number of ether oxygens (including phenoxy) is 1. The summed E-state index contributed by atoms with van der Waals surface area (Å²) in [5.41, 5.74) is 1.06. The van der Waals surface area contributed by atoms with Gasteiger partial charge in [-0.25, -0.2) is 0 Å². The Morgan fingerprint density at radius 1 is 1.55 bits per heavy atom. The Morgan fingerprint density at radius 2 is 2.30 bits per heavy atom. The van der Waals surface area contributed by atoms with Crippen LogP contribution in [0.15, 0.2) is 18.2 Å². The van der Waals surface area contributed by atoms with Crippen LogP contribution in [0.5, 0.6) is 5.75 Å². The topological polar surface area (TPSA) is 82.3 Å². The summed E-state index contributed by atoms with van der Waals surface area (Å²) in [6.45, 7) is 0.571. The number of carbonyl (C=O) groups is 1. The summed E-state index contributed by atoms with van der Waals surface area (Å²) in [6, 6.07) is 7.33. The summed E-state index contributed by atoms with van der Waals surface area (Å²) in [7, 11) is 1.57. The van der Waals surface area contributed by atoms with Crippen molar-refractivity contribution in [1.29, 1.82) is 5.26 Å². The second-order valence-electron chi connectivity index (χ2n) is 5.30. The molecule has 0 amide bonds. The van der Waals surface area contributed by atoms with Gasteiger partial charge in [-0.3, -0.25) is 4.79 Å². The van der Waals surface area contributed by atoms with Crippen molar-refractivity contribution in [2.75, 3.05) is 19.0 Å². The minimum atomic E-state index is -0.766. The summed E-state index contributed by atoms with van der Waals surface area (Å²) in [5, 5.41) is 21.3. The van der Waals surface area contributed by atoms with E-state index in [1.54, 1.807) is 25.3 Å². The molecule has 0 bridgehead atoms. The molecule has 0 atom stereocenters. The Labute approximate surface area is 118 Å². The molecule has 106 valence electrons. The molecule has 5 heteroatoms. The van der Waals surface area contributed by atoms with E-state index >= 15 is 0 Å². The molecule has 5 nitrogen and oxygen atoms in total. The third-order valence-corrected chi connectivity index (χ3v) is 3.94. The van der Waals surface area contributed by atoms with Crippen LogP contribution in [0.25, 0.3) is 0 Å². The normalized spacial score (nSPS) is 15.8. The van der Waals surface area contributed by atoms with Crippen LogP contribution in [0, 0.1) is 16.7 Å². The molecule has 1 aromatic carbocycles. The molecule has 1 aliphatic rings. The standard InChI is InChI=1S/C15H18N2O3/c1-20-12-4-3-11(9-16)13(7-12)17-10-15(5-2-6-15)8-14(18)19/h3-4,7,17H,2,5-6,8,10H2,1H3,(H,18,19). The Hall–Kier alpha value is -2.22. The quantitative estimate of drug-likeness (QED) is 0.833. The zero-order valence-electron chi connectivity index (χ0n) is 11.5. The summed E-state index contributed by atoms with van der Waals surface area (Å²) >= 11 is 0. The lowest BCUT2D eigenvalue weighted by atomic mass is 9.66. The number of benzene rings is 1. The van der Waals surface area contributed by atoms with E-state index in [1.807, 2.05) is 0 Å². The molecule has 0 unspecified atom stereocenters. The van der Waals surface area contributed by atoms with E-state index in [0.29, 0.717) is 23.5 Å². The lowest BCUT2D eigenvalue weighted by Crippen LogP contribution is -2.38. The lowest BCUT2D eigenvalue weighted by molar-refractivity contribution is -0.141. The van der Waals surface area contributed by atoms with Gasteiger partial charge in [0.15, 0.2) is 0 Å². The maximum Gasteiger partial charge on any atom is 0.303 e. The van der Waals surface area contributed by atoms with E-state index in [-0.39, 0.29) is 11.8 Å². The largest absolute Gasteiger partial charge is 0.497 e. The van der Waals surface area contributed by atoms with Gasteiger partial charge in [0, 0.05) is 12.6 Å². The van der Waals surface area contributed by atoms with Crippen molar-refractivity contribution >= 4 is 11.7 Å². The van der Waals surface area contributed by atoms with Crippen molar-refractivity contribution in [3.8, 4) is 11.8 Å². The molecule has 20 heavy (non-hydrogen) atoms. The van der Waals surface area contributed by atoms with Gasteiger partial charge < -0.3 is 15.2 Å². The second-order valence-corrected chi connectivity index (χ2v) is 5.30. The number of hydrogen-bond donors (Lipinski definition) is 2. The molecule has 0 heterocycles. The van der Waals surface area contributed by atoms with E-state index in [9.17, 15) is 4.79 Å². The maximum atomic E-state index is 10.9. The Kier molecular flexibility index (Phi) is 4.14. The van der Waals surface area contributed by atoms with Crippen molar-refractivity contribution in [2.45, 2.75) is 25.7 Å². The van der Waals surface area contributed by atoms with Crippen LogP contribution in [-0.2, 0) is 4.79 Å². The van der Waals surface area contributed by atoms with E-state index in [0.717, 1.165) is 19.3 Å². The van der Waals surface area contributed by atoms with Gasteiger partial charge in [0.2, 0.25) is 0 Å². The van der Waals surface area contributed by atoms with E-state index in [4.69, 9.17) is 15.1 Å². The molecular formula is C15H18N2O3. The smallest absolute Gasteiger partial charge is 0.303 e. The number of nitrogens with zero attached hydrogens (tertiary/aromatic N) is 1. The van der Waals surface area contributed by atoms with E-state index in [2.05, 4.69) is 11.4 Å². The van der Waals surface area contributed by atoms with Gasteiger partial charge in [-0.1, -0.05) is 6.42 Å². The van der Waals surface area contributed by atoms with Crippen LogP contribution >= 0.6 is 0 Å². The molecule has 2 N–H and O–H groups in total. The van der Waals surface area contributed by atoms with Crippen LogP contribution < -0.4 is 10.1 Å². The highest BCUT2D eigenvalue weighted by molar-refractivity contribution is 5.68. The number of nitrogens with one attached hydrogen (secondary N) is 1. The van der Waals surface area contributed by atoms with Crippen LogP contribution in [0.2, 0.25) is 0 Å². The molecule has 0 radical (unpaired) electrons. The maximum absolute atomic E-state index is 10.9. The number of carboxylic acids is 1. The highest BCUT2D eigenvalue weighted by Crippen LogP contribution is 2.44. The molecule has 1 aromatic rings. The summed E-state index contributed by atoms with van der Waals surface area (Å²) in [4.78, 5) is 10.9. The number of hydrogen-bond acceptors (Lipinski definition) is 4. The Balaban J connectivity index is 2.10. The monoisotopic (exact) mass is 274 g/mol. The van der Waals surface area contributed by atoms with Gasteiger partial charge in [0.25, 0.3) is 0 Å². The predicted molar refractivity (Wildman–Crippen MR) is 74.7 cm³/mol. The fraction of sp³-hybridized carbons (Fsp3) is 0.467. The van der Waals surface area contributed by atoms with Gasteiger partial charge in [0.1, 0.15) is 11.8 Å². The van der Waals surface area contributed by atoms with Crippen LogP contribution in [0.1, 0.15) is 31.2 Å². The van der Waals surface area contributed by atoms with Gasteiger partial charge in [-0.2, -0.15) is 5.26 Å². The predicted octanol–water partition coefficient (Wildman–Crippen LogP) is 2.62. The summed E-state index contributed by atoms with van der Waals surface area (Å²) in [5.74, 6) is -0.0926. The van der Waals surface area contributed by atoms with Crippen molar-refractivity contribution in [1.82, 2.24) is 0 Å². The molecule has 0 aliphatic heterocycles. The molecule has 1 fully saturated rings. The number of anilines is 1. The highest BCUT2D eigenvalue weighted by atomic mass is 16.5.